The fraction of sp³-hybridized carbons (Fsp3) is 0.538. The van der Waals surface area contributed by atoms with Crippen LogP contribution in [-0.4, -0.2) is 26.3 Å². The predicted molar refractivity (Wildman–Crippen MR) is 68.4 cm³/mol. The summed E-state index contributed by atoms with van der Waals surface area (Å²) >= 11 is 5.86. The van der Waals surface area contributed by atoms with Crippen LogP contribution in [0.5, 0.6) is 0 Å². The Hall–Kier alpha value is -0.730. The standard InChI is InChI=1S/C13H18ClNO/c1-10-7-12(4-3-11(10)8-14)15(2)13-5-6-16-9-13/h3-4,7,13H,5-6,8-9H2,1-2H3. The summed E-state index contributed by atoms with van der Waals surface area (Å²) < 4.78 is 5.41. The average Bonchev–Trinajstić information content (AvgIpc) is 2.81. The Morgan fingerprint density at radius 1 is 1.50 bits per heavy atom. The maximum Gasteiger partial charge on any atom is 0.0670 e. The number of rotatable bonds is 3. The molecule has 2 nitrogen and oxygen atoms in total. The topological polar surface area (TPSA) is 12.5 Å². The van der Waals surface area contributed by atoms with Gasteiger partial charge >= 0.3 is 0 Å². The van der Waals surface area contributed by atoms with Crippen LogP contribution in [0.3, 0.4) is 0 Å². The second-order valence-electron chi connectivity index (χ2n) is 4.37. The first kappa shape index (κ1) is 11.7. The van der Waals surface area contributed by atoms with Crippen molar-refractivity contribution in [2.24, 2.45) is 0 Å². The summed E-state index contributed by atoms with van der Waals surface area (Å²) in [5.74, 6) is 0.586. The normalized spacial score (nSPS) is 20.1. The molecule has 16 heavy (non-hydrogen) atoms. The minimum Gasteiger partial charge on any atom is -0.379 e. The predicted octanol–water partition coefficient (Wildman–Crippen LogP) is 2.96. The van der Waals surface area contributed by atoms with Crippen molar-refractivity contribution in [3.8, 4) is 0 Å². The second-order valence-corrected chi connectivity index (χ2v) is 4.64. The Morgan fingerprint density at radius 3 is 2.88 bits per heavy atom. The molecule has 3 heteroatoms. The summed E-state index contributed by atoms with van der Waals surface area (Å²) in [5, 5.41) is 0. The van der Waals surface area contributed by atoms with Crippen molar-refractivity contribution in [3.63, 3.8) is 0 Å². The number of hydrogen-bond acceptors (Lipinski definition) is 2. The van der Waals surface area contributed by atoms with Gasteiger partial charge in [-0.05, 0) is 36.6 Å². The molecule has 88 valence electrons. The van der Waals surface area contributed by atoms with Gasteiger partial charge in [-0.3, -0.25) is 0 Å². The zero-order chi connectivity index (χ0) is 11.5. The van der Waals surface area contributed by atoms with E-state index < -0.39 is 0 Å². The molecule has 1 saturated heterocycles. The third-order valence-electron chi connectivity index (χ3n) is 3.33. The van der Waals surface area contributed by atoms with Gasteiger partial charge in [-0.1, -0.05) is 6.07 Å². The molecule has 1 aromatic rings. The van der Waals surface area contributed by atoms with E-state index in [2.05, 4.69) is 37.1 Å². The number of nitrogens with zero attached hydrogens (tertiary/aromatic N) is 1. The van der Waals surface area contributed by atoms with E-state index in [0.29, 0.717) is 11.9 Å². The van der Waals surface area contributed by atoms with Gasteiger partial charge in [0, 0.05) is 25.2 Å². The molecule has 0 saturated carbocycles. The zero-order valence-corrected chi connectivity index (χ0v) is 10.6. The van der Waals surface area contributed by atoms with Gasteiger partial charge in [0.2, 0.25) is 0 Å². The minimum absolute atomic E-state index is 0.515. The average molecular weight is 240 g/mol. The monoisotopic (exact) mass is 239 g/mol. The molecular formula is C13H18ClNO. The molecular weight excluding hydrogens is 222 g/mol. The van der Waals surface area contributed by atoms with E-state index in [9.17, 15) is 0 Å². The molecule has 1 unspecified atom stereocenters. The van der Waals surface area contributed by atoms with Gasteiger partial charge in [0.1, 0.15) is 0 Å². The number of alkyl halides is 1. The lowest BCUT2D eigenvalue weighted by Crippen LogP contribution is -2.31. The van der Waals surface area contributed by atoms with Crippen LogP contribution in [0.2, 0.25) is 0 Å². The zero-order valence-electron chi connectivity index (χ0n) is 9.87. The fourth-order valence-corrected chi connectivity index (χ4v) is 2.39. The lowest BCUT2D eigenvalue weighted by molar-refractivity contribution is 0.193. The Morgan fingerprint density at radius 2 is 2.31 bits per heavy atom. The minimum atomic E-state index is 0.515. The van der Waals surface area contributed by atoms with Crippen molar-refractivity contribution in [2.45, 2.75) is 25.3 Å². The highest BCUT2D eigenvalue weighted by atomic mass is 35.5. The summed E-state index contributed by atoms with van der Waals surface area (Å²) in [6, 6.07) is 6.98. The van der Waals surface area contributed by atoms with Crippen molar-refractivity contribution in [1.29, 1.82) is 0 Å². The van der Waals surface area contributed by atoms with Crippen LogP contribution < -0.4 is 4.90 Å². The highest BCUT2D eigenvalue weighted by Crippen LogP contribution is 2.23. The largest absolute Gasteiger partial charge is 0.379 e. The van der Waals surface area contributed by atoms with Crippen LogP contribution >= 0.6 is 11.6 Å². The van der Waals surface area contributed by atoms with Gasteiger partial charge in [-0.2, -0.15) is 0 Å². The number of likely N-dealkylation sites (N-methyl/N-ethyl adjacent to an activating group) is 1. The molecule has 1 fully saturated rings. The van der Waals surface area contributed by atoms with Crippen molar-refractivity contribution >= 4 is 17.3 Å². The number of anilines is 1. The molecule has 0 spiro atoms. The maximum absolute atomic E-state index is 5.86. The molecule has 0 bridgehead atoms. The van der Waals surface area contributed by atoms with Gasteiger partial charge in [-0.15, -0.1) is 11.6 Å². The van der Waals surface area contributed by atoms with Gasteiger partial charge in [0.25, 0.3) is 0 Å². The van der Waals surface area contributed by atoms with Crippen molar-refractivity contribution in [1.82, 2.24) is 0 Å². The third-order valence-corrected chi connectivity index (χ3v) is 3.62. The van der Waals surface area contributed by atoms with E-state index in [1.54, 1.807) is 0 Å². The van der Waals surface area contributed by atoms with E-state index in [-0.39, 0.29) is 0 Å². The first-order valence-corrected chi connectivity index (χ1v) is 6.22. The molecule has 0 radical (unpaired) electrons. The van der Waals surface area contributed by atoms with E-state index in [4.69, 9.17) is 16.3 Å². The molecule has 1 aromatic carbocycles. The van der Waals surface area contributed by atoms with Crippen LogP contribution in [0, 0.1) is 6.92 Å². The molecule has 1 aliphatic rings. The summed E-state index contributed by atoms with van der Waals surface area (Å²) in [4.78, 5) is 2.30. The quantitative estimate of drug-likeness (QED) is 0.752. The summed E-state index contributed by atoms with van der Waals surface area (Å²) in [5.41, 5.74) is 3.72. The highest BCUT2D eigenvalue weighted by molar-refractivity contribution is 6.17. The fourth-order valence-electron chi connectivity index (χ4n) is 2.09. The van der Waals surface area contributed by atoms with E-state index in [1.165, 1.54) is 16.8 Å². The van der Waals surface area contributed by atoms with Crippen LogP contribution in [0.25, 0.3) is 0 Å². The van der Waals surface area contributed by atoms with Crippen LogP contribution in [-0.2, 0) is 10.6 Å². The Bertz CT molecular complexity index is 361. The Balaban J connectivity index is 2.16. The molecule has 1 atom stereocenters. The smallest absolute Gasteiger partial charge is 0.0670 e. The van der Waals surface area contributed by atoms with Crippen molar-refractivity contribution in [3.05, 3.63) is 29.3 Å². The van der Waals surface area contributed by atoms with Crippen LogP contribution in [0.1, 0.15) is 17.5 Å². The van der Waals surface area contributed by atoms with Crippen molar-refractivity contribution in [2.75, 3.05) is 25.2 Å². The number of ether oxygens (including phenoxy) is 1. The number of hydrogen-bond donors (Lipinski definition) is 0. The Labute approximate surface area is 102 Å². The number of aryl methyl sites for hydroxylation is 1. The van der Waals surface area contributed by atoms with Gasteiger partial charge < -0.3 is 9.64 Å². The van der Waals surface area contributed by atoms with Crippen molar-refractivity contribution < 1.29 is 4.74 Å². The summed E-state index contributed by atoms with van der Waals surface area (Å²) in [6.07, 6.45) is 1.12. The molecule has 1 aliphatic heterocycles. The van der Waals surface area contributed by atoms with Gasteiger partial charge in [-0.25, -0.2) is 0 Å². The van der Waals surface area contributed by atoms with E-state index in [0.717, 1.165) is 19.6 Å². The maximum atomic E-state index is 5.86. The molecule has 0 aliphatic carbocycles. The number of benzene rings is 1. The third kappa shape index (κ3) is 2.33. The molecule has 0 amide bonds. The molecule has 1 heterocycles. The first-order valence-electron chi connectivity index (χ1n) is 5.68. The van der Waals surface area contributed by atoms with Gasteiger partial charge in [0.05, 0.1) is 12.6 Å². The summed E-state index contributed by atoms with van der Waals surface area (Å²) in [6.45, 7) is 3.83. The molecule has 2 rings (SSSR count). The Kier molecular flexibility index (Phi) is 3.72. The van der Waals surface area contributed by atoms with Crippen LogP contribution in [0.15, 0.2) is 18.2 Å². The molecule has 0 N–H and O–H groups in total. The van der Waals surface area contributed by atoms with Crippen LogP contribution in [0.4, 0.5) is 5.69 Å². The summed E-state index contributed by atoms with van der Waals surface area (Å²) in [7, 11) is 2.13. The van der Waals surface area contributed by atoms with E-state index >= 15 is 0 Å². The SMILES string of the molecule is Cc1cc(N(C)C2CCOC2)ccc1CCl. The van der Waals surface area contributed by atoms with E-state index in [1.807, 2.05) is 0 Å². The van der Waals surface area contributed by atoms with Gasteiger partial charge in [0.15, 0.2) is 0 Å². The lowest BCUT2D eigenvalue weighted by Gasteiger charge is -2.26. The lowest BCUT2D eigenvalue weighted by atomic mass is 10.1. The first-order chi connectivity index (χ1) is 7.72. The second kappa shape index (κ2) is 5.07. The highest BCUT2D eigenvalue weighted by Gasteiger charge is 2.20. The number of halogens is 1. The molecule has 0 aromatic heterocycles.